The van der Waals surface area contributed by atoms with E-state index in [1.165, 1.54) is 7.05 Å². The van der Waals surface area contributed by atoms with E-state index in [9.17, 15) is 8.42 Å². The molecular weight excluding hydrogens is 216 g/mol. The van der Waals surface area contributed by atoms with E-state index in [4.69, 9.17) is 0 Å². The molecule has 0 fully saturated rings. The summed E-state index contributed by atoms with van der Waals surface area (Å²) >= 11 is 0. The van der Waals surface area contributed by atoms with E-state index in [2.05, 4.69) is 14.8 Å². The van der Waals surface area contributed by atoms with E-state index >= 15 is 0 Å². The molecule has 2 rings (SSSR count). The zero-order chi connectivity index (χ0) is 10.9. The predicted octanol–water partition coefficient (Wildman–Crippen LogP) is -0.234. The van der Waals surface area contributed by atoms with Gasteiger partial charge in [-0.05, 0) is 7.05 Å². The molecule has 0 radical (unpaired) electrons. The van der Waals surface area contributed by atoms with Crippen LogP contribution in [0, 0.1) is 0 Å². The SMILES string of the molecule is CNS(=O)(=O)c1cc2n(n1)CCC=NC2. The number of aliphatic imine (C=N–C) groups is 1. The Labute approximate surface area is 88.1 Å². The van der Waals surface area contributed by atoms with E-state index in [0.717, 1.165) is 12.1 Å². The number of sulfonamides is 1. The smallest absolute Gasteiger partial charge is 0.259 e. The molecule has 6 nitrogen and oxygen atoms in total. The fourth-order valence-electron chi connectivity index (χ4n) is 1.42. The summed E-state index contributed by atoms with van der Waals surface area (Å²) in [4.78, 5) is 4.13. The van der Waals surface area contributed by atoms with Crippen LogP contribution in [0.1, 0.15) is 12.1 Å². The Bertz CT molecular complexity index is 489. The average molecular weight is 228 g/mol. The molecular formula is C8H12N4O2S. The quantitative estimate of drug-likeness (QED) is 0.759. The van der Waals surface area contributed by atoms with Crippen LogP contribution in [-0.4, -0.2) is 31.5 Å². The maximum absolute atomic E-state index is 11.5. The first-order valence-electron chi connectivity index (χ1n) is 4.62. The number of nitrogens with one attached hydrogen (secondary N) is 1. The summed E-state index contributed by atoms with van der Waals surface area (Å²) in [5.41, 5.74) is 0.831. The summed E-state index contributed by atoms with van der Waals surface area (Å²) in [6.07, 6.45) is 2.62. The Morgan fingerprint density at radius 3 is 3.07 bits per heavy atom. The van der Waals surface area contributed by atoms with Crippen LogP contribution in [0.4, 0.5) is 0 Å². The Morgan fingerprint density at radius 2 is 2.33 bits per heavy atom. The van der Waals surface area contributed by atoms with Crippen LogP contribution in [-0.2, 0) is 23.1 Å². The van der Waals surface area contributed by atoms with Gasteiger partial charge in [-0.1, -0.05) is 0 Å². The van der Waals surface area contributed by atoms with Gasteiger partial charge in [-0.3, -0.25) is 9.67 Å². The molecule has 82 valence electrons. The molecule has 1 aromatic rings. The fraction of sp³-hybridized carbons (Fsp3) is 0.500. The molecule has 1 aliphatic rings. The van der Waals surface area contributed by atoms with Crippen molar-refractivity contribution in [1.29, 1.82) is 0 Å². The van der Waals surface area contributed by atoms with Gasteiger partial charge >= 0.3 is 0 Å². The number of hydrogen-bond donors (Lipinski definition) is 1. The molecule has 0 aromatic carbocycles. The first-order valence-corrected chi connectivity index (χ1v) is 6.10. The summed E-state index contributed by atoms with van der Waals surface area (Å²) in [6.45, 7) is 1.17. The molecule has 2 heterocycles. The summed E-state index contributed by atoms with van der Waals surface area (Å²) < 4.78 is 26.9. The minimum Gasteiger partial charge on any atom is -0.291 e. The number of nitrogens with zero attached hydrogens (tertiary/aromatic N) is 3. The van der Waals surface area contributed by atoms with Crippen LogP contribution < -0.4 is 4.72 Å². The Morgan fingerprint density at radius 1 is 1.53 bits per heavy atom. The largest absolute Gasteiger partial charge is 0.291 e. The monoisotopic (exact) mass is 228 g/mol. The van der Waals surface area contributed by atoms with Crippen LogP contribution in [0.3, 0.4) is 0 Å². The van der Waals surface area contributed by atoms with Gasteiger partial charge in [0, 0.05) is 25.2 Å². The highest BCUT2D eigenvalue weighted by atomic mass is 32.2. The molecule has 15 heavy (non-hydrogen) atoms. The Kier molecular flexibility index (Phi) is 2.57. The van der Waals surface area contributed by atoms with Gasteiger partial charge in [-0.25, -0.2) is 13.1 Å². The summed E-state index contributed by atoms with van der Waals surface area (Å²) in [5.74, 6) is 0. The number of aromatic nitrogens is 2. The summed E-state index contributed by atoms with van der Waals surface area (Å²) in [7, 11) is -2.06. The van der Waals surface area contributed by atoms with E-state index in [0.29, 0.717) is 13.1 Å². The second-order valence-corrected chi connectivity index (χ2v) is 5.05. The molecule has 0 unspecified atom stereocenters. The minimum atomic E-state index is -3.44. The van der Waals surface area contributed by atoms with Crippen molar-refractivity contribution in [2.24, 2.45) is 4.99 Å². The molecule has 1 N–H and O–H groups in total. The summed E-state index contributed by atoms with van der Waals surface area (Å²) in [6, 6.07) is 1.56. The highest BCUT2D eigenvalue weighted by Gasteiger charge is 2.18. The van der Waals surface area contributed by atoms with Gasteiger partial charge < -0.3 is 0 Å². The fourth-order valence-corrected chi connectivity index (χ4v) is 2.12. The molecule has 0 spiro atoms. The van der Waals surface area contributed by atoms with Crippen molar-refractivity contribution in [3.63, 3.8) is 0 Å². The van der Waals surface area contributed by atoms with Gasteiger partial charge in [-0.2, -0.15) is 5.10 Å². The number of aryl methyl sites for hydroxylation is 1. The van der Waals surface area contributed by atoms with Crippen LogP contribution in [0.15, 0.2) is 16.1 Å². The molecule has 0 atom stereocenters. The number of fused-ring (bicyclic) bond motifs is 1. The molecule has 0 saturated heterocycles. The first kappa shape index (κ1) is 10.3. The minimum absolute atomic E-state index is 0.0668. The van der Waals surface area contributed by atoms with Gasteiger partial charge in [0.05, 0.1) is 12.2 Å². The highest BCUT2D eigenvalue weighted by molar-refractivity contribution is 7.89. The zero-order valence-corrected chi connectivity index (χ0v) is 9.16. The van der Waals surface area contributed by atoms with Crippen LogP contribution >= 0.6 is 0 Å². The maximum Gasteiger partial charge on any atom is 0.259 e. The topological polar surface area (TPSA) is 76.3 Å². The molecule has 1 aliphatic heterocycles. The van der Waals surface area contributed by atoms with Gasteiger partial charge in [0.15, 0.2) is 5.03 Å². The molecule has 0 bridgehead atoms. The molecule has 0 saturated carbocycles. The highest BCUT2D eigenvalue weighted by Crippen LogP contribution is 2.13. The molecule has 0 aliphatic carbocycles. The van der Waals surface area contributed by atoms with E-state index < -0.39 is 10.0 Å². The van der Waals surface area contributed by atoms with Crippen LogP contribution in [0.25, 0.3) is 0 Å². The molecule has 7 heteroatoms. The standard InChI is InChI=1S/C8H12N4O2S/c1-9-15(13,14)8-5-7-6-10-3-2-4-12(7)11-8/h3,5,9H,2,4,6H2,1H3. The lowest BCUT2D eigenvalue weighted by molar-refractivity contribution is 0.567. The third-order valence-electron chi connectivity index (χ3n) is 2.24. The number of rotatable bonds is 2. The van der Waals surface area contributed by atoms with Crippen molar-refractivity contribution in [2.45, 2.75) is 24.5 Å². The lowest BCUT2D eigenvalue weighted by Gasteiger charge is -1.99. The van der Waals surface area contributed by atoms with Crippen molar-refractivity contribution in [3.8, 4) is 0 Å². The van der Waals surface area contributed by atoms with Gasteiger partial charge in [0.1, 0.15) is 0 Å². The predicted molar refractivity (Wildman–Crippen MR) is 55.3 cm³/mol. The maximum atomic E-state index is 11.5. The van der Waals surface area contributed by atoms with Crippen LogP contribution in [0.5, 0.6) is 0 Å². The van der Waals surface area contributed by atoms with Crippen molar-refractivity contribution in [3.05, 3.63) is 11.8 Å². The first-order chi connectivity index (χ1) is 7.13. The Balaban J connectivity index is 2.42. The van der Waals surface area contributed by atoms with E-state index in [-0.39, 0.29) is 5.03 Å². The van der Waals surface area contributed by atoms with Crippen molar-refractivity contribution in [2.75, 3.05) is 7.05 Å². The third-order valence-corrected chi connectivity index (χ3v) is 3.52. The zero-order valence-electron chi connectivity index (χ0n) is 8.34. The summed E-state index contributed by atoms with van der Waals surface area (Å²) in [5, 5.41) is 4.11. The van der Waals surface area contributed by atoms with Crippen molar-refractivity contribution >= 4 is 16.2 Å². The molecule has 0 amide bonds. The van der Waals surface area contributed by atoms with Gasteiger partial charge in [0.2, 0.25) is 0 Å². The van der Waals surface area contributed by atoms with Crippen molar-refractivity contribution < 1.29 is 8.42 Å². The second-order valence-electron chi connectivity index (χ2n) is 3.22. The van der Waals surface area contributed by atoms with Gasteiger partial charge in [-0.15, -0.1) is 0 Å². The average Bonchev–Trinajstić information content (AvgIpc) is 2.51. The normalized spacial score (nSPS) is 16.1. The van der Waals surface area contributed by atoms with Gasteiger partial charge in [0.25, 0.3) is 10.0 Å². The lowest BCUT2D eigenvalue weighted by Crippen LogP contribution is -2.19. The molecule has 1 aromatic heterocycles. The third kappa shape index (κ3) is 1.93. The van der Waals surface area contributed by atoms with Crippen LogP contribution in [0.2, 0.25) is 0 Å². The van der Waals surface area contributed by atoms with E-state index in [1.807, 2.05) is 6.21 Å². The van der Waals surface area contributed by atoms with E-state index in [1.54, 1.807) is 10.7 Å². The second kappa shape index (κ2) is 3.74. The lowest BCUT2D eigenvalue weighted by atomic mass is 10.4. The van der Waals surface area contributed by atoms with Crippen molar-refractivity contribution in [1.82, 2.24) is 14.5 Å². The number of hydrogen-bond acceptors (Lipinski definition) is 4. The Hall–Kier alpha value is -1.21.